The number of pyridine rings is 1. The van der Waals surface area contributed by atoms with Crippen molar-refractivity contribution in [1.82, 2.24) is 15.6 Å². The van der Waals surface area contributed by atoms with Crippen molar-refractivity contribution in [3.8, 4) is 5.75 Å². The van der Waals surface area contributed by atoms with Gasteiger partial charge < -0.3 is 15.4 Å². The van der Waals surface area contributed by atoms with E-state index < -0.39 is 0 Å². The number of hydrogen-bond donors (Lipinski definition) is 2. The SMILES string of the molecule is CN=C(NCCc1ccccn1)NCC1(c2ccc(OC)cc2)CCCCC1.I. The molecule has 0 spiro atoms. The van der Waals surface area contributed by atoms with Gasteiger partial charge in [-0.1, -0.05) is 37.5 Å². The minimum atomic E-state index is 0. The summed E-state index contributed by atoms with van der Waals surface area (Å²) >= 11 is 0. The Morgan fingerprint density at radius 1 is 1.07 bits per heavy atom. The number of methoxy groups -OCH3 is 1. The molecule has 1 aliphatic carbocycles. The van der Waals surface area contributed by atoms with Gasteiger partial charge in [-0.2, -0.15) is 0 Å². The second-order valence-corrected chi connectivity index (χ2v) is 7.49. The fraction of sp³-hybridized carbons (Fsp3) is 0.478. The Morgan fingerprint density at radius 3 is 2.45 bits per heavy atom. The van der Waals surface area contributed by atoms with Crippen LogP contribution in [0.4, 0.5) is 0 Å². The summed E-state index contributed by atoms with van der Waals surface area (Å²) in [4.78, 5) is 8.78. The van der Waals surface area contributed by atoms with Gasteiger partial charge in [0, 0.05) is 43.9 Å². The minimum absolute atomic E-state index is 0. The van der Waals surface area contributed by atoms with Crippen molar-refractivity contribution >= 4 is 29.9 Å². The molecule has 1 saturated carbocycles. The molecule has 1 aliphatic rings. The number of benzene rings is 1. The molecule has 5 nitrogen and oxygen atoms in total. The van der Waals surface area contributed by atoms with Crippen LogP contribution >= 0.6 is 24.0 Å². The Hall–Kier alpha value is -1.83. The van der Waals surface area contributed by atoms with Gasteiger partial charge in [0.05, 0.1) is 7.11 Å². The minimum Gasteiger partial charge on any atom is -0.497 e. The Morgan fingerprint density at radius 2 is 1.83 bits per heavy atom. The van der Waals surface area contributed by atoms with Gasteiger partial charge >= 0.3 is 0 Å². The zero-order valence-electron chi connectivity index (χ0n) is 17.5. The highest BCUT2D eigenvalue weighted by Crippen LogP contribution is 2.39. The summed E-state index contributed by atoms with van der Waals surface area (Å²) in [6.45, 7) is 1.70. The standard InChI is InChI=1S/C23H32N4O.HI/c1-24-22(26-17-13-20-8-4-7-16-25-20)27-18-23(14-5-3-6-15-23)19-9-11-21(28-2)12-10-19;/h4,7-12,16H,3,5-6,13-15,17-18H2,1-2H3,(H2,24,26,27);1H. The number of aromatic nitrogens is 1. The molecule has 3 rings (SSSR count). The van der Waals surface area contributed by atoms with Crippen LogP contribution in [0.25, 0.3) is 0 Å². The van der Waals surface area contributed by atoms with Crippen molar-refractivity contribution < 1.29 is 4.74 Å². The molecule has 1 aromatic heterocycles. The molecule has 0 radical (unpaired) electrons. The maximum atomic E-state index is 5.34. The van der Waals surface area contributed by atoms with Gasteiger partial charge in [-0.3, -0.25) is 9.98 Å². The first-order valence-corrected chi connectivity index (χ1v) is 10.2. The Balaban J connectivity index is 0.00000300. The molecule has 158 valence electrons. The number of halogens is 1. The van der Waals surface area contributed by atoms with E-state index >= 15 is 0 Å². The third kappa shape index (κ3) is 6.59. The third-order valence-electron chi connectivity index (χ3n) is 5.73. The van der Waals surface area contributed by atoms with Crippen molar-refractivity contribution in [3.63, 3.8) is 0 Å². The summed E-state index contributed by atoms with van der Waals surface area (Å²) in [7, 11) is 3.55. The van der Waals surface area contributed by atoms with E-state index in [2.05, 4.69) is 50.9 Å². The van der Waals surface area contributed by atoms with Gasteiger partial charge in [0.1, 0.15) is 5.75 Å². The van der Waals surface area contributed by atoms with Crippen LogP contribution in [0.5, 0.6) is 5.75 Å². The number of guanidine groups is 1. The molecule has 2 aromatic rings. The molecule has 1 fully saturated rings. The summed E-state index contributed by atoms with van der Waals surface area (Å²) in [5.74, 6) is 1.77. The molecule has 1 heterocycles. The number of nitrogens with zero attached hydrogens (tertiary/aromatic N) is 2. The van der Waals surface area contributed by atoms with E-state index in [9.17, 15) is 0 Å². The molecule has 0 aliphatic heterocycles. The van der Waals surface area contributed by atoms with Crippen molar-refractivity contribution in [3.05, 3.63) is 59.9 Å². The highest BCUT2D eigenvalue weighted by Gasteiger charge is 2.34. The first-order chi connectivity index (χ1) is 13.8. The van der Waals surface area contributed by atoms with E-state index in [1.807, 2.05) is 25.4 Å². The van der Waals surface area contributed by atoms with E-state index in [1.54, 1.807) is 7.11 Å². The van der Waals surface area contributed by atoms with Crippen LogP contribution in [0.15, 0.2) is 53.7 Å². The predicted octanol–water partition coefficient (Wildman–Crippen LogP) is 4.32. The van der Waals surface area contributed by atoms with Crippen molar-refractivity contribution in [1.29, 1.82) is 0 Å². The Kier molecular flexibility index (Phi) is 9.70. The molecule has 0 bridgehead atoms. The zero-order valence-corrected chi connectivity index (χ0v) is 19.8. The molecule has 0 atom stereocenters. The summed E-state index contributed by atoms with van der Waals surface area (Å²) in [6.07, 6.45) is 9.01. The van der Waals surface area contributed by atoms with E-state index in [4.69, 9.17) is 4.74 Å². The number of hydrogen-bond acceptors (Lipinski definition) is 3. The fourth-order valence-electron chi connectivity index (χ4n) is 4.07. The van der Waals surface area contributed by atoms with E-state index in [-0.39, 0.29) is 29.4 Å². The van der Waals surface area contributed by atoms with Crippen LogP contribution in [0.1, 0.15) is 43.4 Å². The molecule has 6 heteroatoms. The second kappa shape index (κ2) is 12.0. The van der Waals surface area contributed by atoms with Crippen LogP contribution in [0.3, 0.4) is 0 Å². The molecule has 29 heavy (non-hydrogen) atoms. The van der Waals surface area contributed by atoms with Crippen molar-refractivity contribution in [2.24, 2.45) is 4.99 Å². The molecular formula is C23H33IN4O. The lowest BCUT2D eigenvalue weighted by molar-refractivity contribution is 0.291. The van der Waals surface area contributed by atoms with Gasteiger partial charge in [-0.25, -0.2) is 0 Å². The largest absolute Gasteiger partial charge is 0.497 e. The summed E-state index contributed by atoms with van der Waals surface area (Å²) in [5.41, 5.74) is 2.64. The third-order valence-corrected chi connectivity index (χ3v) is 5.73. The lowest BCUT2D eigenvalue weighted by Gasteiger charge is -2.38. The van der Waals surface area contributed by atoms with Gasteiger partial charge in [-0.15, -0.1) is 24.0 Å². The number of aliphatic imine (C=N–C) groups is 1. The maximum absolute atomic E-state index is 5.34. The Bertz CT molecular complexity index is 743. The average Bonchev–Trinajstić information content (AvgIpc) is 2.77. The van der Waals surface area contributed by atoms with Crippen molar-refractivity contribution in [2.45, 2.75) is 43.9 Å². The van der Waals surface area contributed by atoms with Gasteiger partial charge in [0.2, 0.25) is 0 Å². The lowest BCUT2D eigenvalue weighted by atomic mass is 9.69. The summed E-state index contributed by atoms with van der Waals surface area (Å²) < 4.78 is 5.34. The smallest absolute Gasteiger partial charge is 0.191 e. The molecule has 1 aromatic carbocycles. The quantitative estimate of drug-likeness (QED) is 0.333. The average molecular weight is 508 g/mol. The molecule has 0 amide bonds. The first-order valence-electron chi connectivity index (χ1n) is 10.2. The highest BCUT2D eigenvalue weighted by atomic mass is 127. The maximum Gasteiger partial charge on any atom is 0.191 e. The Labute approximate surface area is 191 Å². The molecule has 0 saturated heterocycles. The monoisotopic (exact) mass is 508 g/mol. The van der Waals surface area contributed by atoms with E-state index in [0.29, 0.717) is 0 Å². The van der Waals surface area contributed by atoms with Crippen LogP contribution in [-0.4, -0.2) is 38.2 Å². The molecular weight excluding hydrogens is 475 g/mol. The van der Waals surface area contributed by atoms with Crippen molar-refractivity contribution in [2.75, 3.05) is 27.2 Å². The molecule has 0 unspecified atom stereocenters. The topological polar surface area (TPSA) is 58.5 Å². The lowest BCUT2D eigenvalue weighted by Crippen LogP contribution is -2.47. The van der Waals surface area contributed by atoms with Crippen LogP contribution < -0.4 is 15.4 Å². The van der Waals surface area contributed by atoms with Gasteiger partial charge in [0.25, 0.3) is 0 Å². The zero-order chi connectivity index (χ0) is 19.7. The van der Waals surface area contributed by atoms with Gasteiger partial charge in [0.15, 0.2) is 5.96 Å². The number of rotatable bonds is 7. The number of nitrogens with one attached hydrogen (secondary N) is 2. The predicted molar refractivity (Wildman–Crippen MR) is 130 cm³/mol. The van der Waals surface area contributed by atoms with Crippen LogP contribution in [0, 0.1) is 0 Å². The molecule has 2 N–H and O–H groups in total. The van der Waals surface area contributed by atoms with E-state index in [0.717, 1.165) is 36.9 Å². The first kappa shape index (κ1) is 23.4. The highest BCUT2D eigenvalue weighted by molar-refractivity contribution is 14.0. The second-order valence-electron chi connectivity index (χ2n) is 7.49. The van der Waals surface area contributed by atoms with Crippen LogP contribution in [-0.2, 0) is 11.8 Å². The summed E-state index contributed by atoms with van der Waals surface area (Å²) in [6, 6.07) is 14.6. The summed E-state index contributed by atoms with van der Waals surface area (Å²) in [5, 5.41) is 7.00. The van der Waals surface area contributed by atoms with Gasteiger partial charge in [-0.05, 0) is 42.7 Å². The van der Waals surface area contributed by atoms with Crippen LogP contribution in [0.2, 0.25) is 0 Å². The fourth-order valence-corrected chi connectivity index (χ4v) is 4.07. The van der Waals surface area contributed by atoms with E-state index in [1.165, 1.54) is 37.7 Å². The normalized spacial score (nSPS) is 15.9. The number of ether oxygens (including phenoxy) is 1.